The quantitative estimate of drug-likeness (QED) is 0.443. The molecule has 234 valence electrons. The minimum absolute atomic E-state index is 0.104. The van der Waals surface area contributed by atoms with Crippen molar-refractivity contribution in [3.8, 4) is 0 Å². The lowest BCUT2D eigenvalue weighted by Gasteiger charge is -2.51. The highest BCUT2D eigenvalue weighted by Crippen LogP contribution is 2.42. The van der Waals surface area contributed by atoms with Crippen molar-refractivity contribution in [2.75, 3.05) is 13.2 Å². The fourth-order valence-corrected chi connectivity index (χ4v) is 6.91. The van der Waals surface area contributed by atoms with Gasteiger partial charge in [-0.25, -0.2) is 0 Å². The Morgan fingerprint density at radius 2 is 1.35 bits per heavy atom. The van der Waals surface area contributed by atoms with Gasteiger partial charge >= 0.3 is 5.97 Å². The van der Waals surface area contributed by atoms with Gasteiger partial charge in [0.1, 0.15) is 48.2 Å². The van der Waals surface area contributed by atoms with Gasteiger partial charge in [-0.2, -0.15) is 0 Å². The van der Waals surface area contributed by atoms with Crippen LogP contribution in [0.5, 0.6) is 0 Å². The zero-order valence-corrected chi connectivity index (χ0v) is 25.0. The van der Waals surface area contributed by atoms with Crippen LogP contribution in [0, 0.1) is 0 Å². The number of aliphatic hydroxyl groups is 2. The molecule has 4 heterocycles. The fraction of sp³-hybridized carbons (Fsp3) is 0.581. The zero-order chi connectivity index (χ0) is 30.1. The third kappa shape index (κ3) is 6.79. The molecule has 11 nitrogen and oxygen atoms in total. The van der Waals surface area contributed by atoms with Crippen molar-refractivity contribution < 1.29 is 52.9 Å². The van der Waals surface area contributed by atoms with Crippen molar-refractivity contribution >= 4 is 17.7 Å². The molecule has 4 aliphatic heterocycles. The van der Waals surface area contributed by atoms with Gasteiger partial charge in [0.05, 0.1) is 13.2 Å². The highest BCUT2D eigenvalue weighted by Gasteiger charge is 2.56. The first-order chi connectivity index (χ1) is 20.8. The molecule has 12 heteroatoms. The number of ether oxygens (including phenoxy) is 8. The monoisotopic (exact) mass is 618 g/mol. The first-order valence-corrected chi connectivity index (χ1v) is 15.5. The number of thioether (sulfide) groups is 1. The van der Waals surface area contributed by atoms with Gasteiger partial charge in [-0.15, -0.1) is 11.8 Å². The Hall–Kier alpha value is -2.10. The van der Waals surface area contributed by atoms with Crippen LogP contribution >= 0.6 is 11.8 Å². The molecule has 0 aromatic heterocycles. The summed E-state index contributed by atoms with van der Waals surface area (Å²) in [5.74, 6) is -0.520. The Bertz CT molecular complexity index is 1200. The molecule has 0 amide bonds. The summed E-state index contributed by atoms with van der Waals surface area (Å²) in [7, 11) is 0. The third-order valence-corrected chi connectivity index (χ3v) is 8.95. The van der Waals surface area contributed by atoms with Crippen LogP contribution in [-0.2, 0) is 42.7 Å². The summed E-state index contributed by atoms with van der Waals surface area (Å²) in [6.45, 7) is 5.65. The fourth-order valence-electron chi connectivity index (χ4n) is 5.80. The zero-order valence-electron chi connectivity index (χ0n) is 24.2. The van der Waals surface area contributed by atoms with E-state index in [1.54, 1.807) is 0 Å². The minimum Gasteiger partial charge on any atom is -0.456 e. The number of hydrogen-bond donors (Lipinski definition) is 2. The molecule has 2 aromatic carbocycles. The van der Waals surface area contributed by atoms with Crippen molar-refractivity contribution in [1.29, 1.82) is 0 Å². The molecule has 0 bridgehead atoms. The predicted molar refractivity (Wildman–Crippen MR) is 153 cm³/mol. The van der Waals surface area contributed by atoms with E-state index in [0.717, 1.165) is 11.1 Å². The van der Waals surface area contributed by atoms with Crippen LogP contribution in [0.25, 0.3) is 0 Å². The normalized spacial score (nSPS) is 39.5. The second-order valence-corrected chi connectivity index (χ2v) is 13.0. The molecule has 4 saturated heterocycles. The molecule has 2 unspecified atom stereocenters. The summed E-state index contributed by atoms with van der Waals surface area (Å²) in [4.78, 5) is 12.3. The lowest BCUT2D eigenvalue weighted by molar-refractivity contribution is -0.388. The van der Waals surface area contributed by atoms with E-state index in [-0.39, 0.29) is 18.5 Å². The lowest BCUT2D eigenvalue weighted by Crippen LogP contribution is -2.67. The van der Waals surface area contributed by atoms with Crippen molar-refractivity contribution in [2.24, 2.45) is 0 Å². The Balaban J connectivity index is 1.24. The lowest BCUT2D eigenvalue weighted by atomic mass is 9.96. The predicted octanol–water partition coefficient (Wildman–Crippen LogP) is 2.84. The summed E-state index contributed by atoms with van der Waals surface area (Å²) in [5, 5.41) is 22.6. The first-order valence-electron chi connectivity index (χ1n) is 14.6. The molecular weight excluding hydrogens is 580 g/mol. The number of rotatable bonds is 7. The molecule has 4 fully saturated rings. The van der Waals surface area contributed by atoms with Crippen molar-refractivity contribution in [2.45, 2.75) is 99.2 Å². The maximum absolute atomic E-state index is 12.3. The average Bonchev–Trinajstić information content (AvgIpc) is 3.01. The van der Waals surface area contributed by atoms with Crippen LogP contribution in [0.2, 0.25) is 0 Å². The molecule has 0 radical (unpaired) electrons. The minimum atomic E-state index is -1.48. The van der Waals surface area contributed by atoms with Gasteiger partial charge in [0, 0.05) is 23.3 Å². The van der Waals surface area contributed by atoms with E-state index in [2.05, 4.69) is 0 Å². The first kappa shape index (κ1) is 30.9. The maximum Gasteiger partial charge on any atom is 0.303 e. The average molecular weight is 619 g/mol. The van der Waals surface area contributed by atoms with Crippen LogP contribution in [0.4, 0.5) is 0 Å². The van der Waals surface area contributed by atoms with E-state index in [9.17, 15) is 15.0 Å². The van der Waals surface area contributed by atoms with Crippen LogP contribution in [0.3, 0.4) is 0 Å². The SMILES string of the molecule is CC(=O)O[C@@H]1[C@@H](O[C@H]2O[C@@H]3COC(c4ccccc4)O[C@H]3[C@H](O)[C@@H]2O)[C@H]2OC(c3ccccc3)OC[C@H]2O[C@H]1SC(C)C. The molecule has 6 rings (SSSR count). The number of carbonyl (C=O) groups excluding carboxylic acids is 1. The number of carbonyl (C=O) groups is 1. The summed E-state index contributed by atoms with van der Waals surface area (Å²) >= 11 is 1.48. The summed E-state index contributed by atoms with van der Waals surface area (Å²) in [5.41, 5.74) is 0.984. The Kier molecular flexibility index (Phi) is 9.70. The van der Waals surface area contributed by atoms with Gasteiger partial charge in [0.15, 0.2) is 25.0 Å². The van der Waals surface area contributed by atoms with E-state index in [1.807, 2.05) is 74.5 Å². The Morgan fingerprint density at radius 1 is 0.791 bits per heavy atom. The molecule has 43 heavy (non-hydrogen) atoms. The van der Waals surface area contributed by atoms with Crippen LogP contribution in [-0.4, -0.2) is 95.2 Å². The van der Waals surface area contributed by atoms with Gasteiger partial charge < -0.3 is 48.1 Å². The Morgan fingerprint density at radius 3 is 1.91 bits per heavy atom. The van der Waals surface area contributed by atoms with Crippen molar-refractivity contribution in [3.05, 3.63) is 71.8 Å². The topological polar surface area (TPSA) is 131 Å². The van der Waals surface area contributed by atoms with E-state index in [0.29, 0.717) is 0 Å². The number of esters is 1. The number of aliphatic hydroxyl groups excluding tert-OH is 2. The highest BCUT2D eigenvalue weighted by molar-refractivity contribution is 8.00. The van der Waals surface area contributed by atoms with E-state index in [4.69, 9.17) is 37.9 Å². The molecule has 2 aromatic rings. The summed E-state index contributed by atoms with van der Waals surface area (Å²) < 4.78 is 49.2. The van der Waals surface area contributed by atoms with Gasteiger partial charge in [0.2, 0.25) is 0 Å². The van der Waals surface area contributed by atoms with Crippen LogP contribution < -0.4 is 0 Å². The van der Waals surface area contributed by atoms with Crippen molar-refractivity contribution in [3.63, 3.8) is 0 Å². The molecular formula is C31H38O11S. The number of hydrogen-bond acceptors (Lipinski definition) is 12. The standard InChI is InChI=1S/C31H38O11S/c1-16(2)43-31-27(37-17(3)32)26(25-21(39-31)15-36-29(41-25)19-12-8-5-9-13-19)42-30-23(34)22(33)24-20(38-30)14-35-28(40-24)18-10-6-4-7-11-18/h4-13,16,20-31,33-34H,14-15H2,1-3H3/t20-,21-,22-,23+,24-,25+,26+,27-,28?,29?,30-,31+/m1/s1. The van der Waals surface area contributed by atoms with Crippen LogP contribution in [0.15, 0.2) is 60.7 Å². The van der Waals surface area contributed by atoms with E-state index >= 15 is 0 Å². The second kappa shape index (κ2) is 13.5. The molecule has 0 saturated carbocycles. The second-order valence-electron chi connectivity index (χ2n) is 11.3. The maximum atomic E-state index is 12.3. The van der Waals surface area contributed by atoms with Gasteiger partial charge in [-0.3, -0.25) is 4.79 Å². The van der Waals surface area contributed by atoms with Crippen molar-refractivity contribution in [1.82, 2.24) is 0 Å². The molecule has 0 spiro atoms. The molecule has 0 aliphatic carbocycles. The molecule has 12 atom stereocenters. The number of benzene rings is 2. The van der Waals surface area contributed by atoms with Gasteiger partial charge in [-0.05, 0) is 0 Å². The van der Waals surface area contributed by atoms with Gasteiger partial charge in [0.25, 0.3) is 0 Å². The summed E-state index contributed by atoms with van der Waals surface area (Å²) in [6, 6.07) is 18.8. The van der Waals surface area contributed by atoms with E-state index in [1.165, 1.54) is 18.7 Å². The largest absolute Gasteiger partial charge is 0.456 e. The Labute approximate surface area is 254 Å². The van der Waals surface area contributed by atoms with Crippen LogP contribution in [0.1, 0.15) is 44.5 Å². The number of fused-ring (bicyclic) bond motifs is 2. The highest BCUT2D eigenvalue weighted by atomic mass is 32.2. The smallest absolute Gasteiger partial charge is 0.303 e. The van der Waals surface area contributed by atoms with Gasteiger partial charge in [-0.1, -0.05) is 74.5 Å². The molecule has 2 N–H and O–H groups in total. The summed E-state index contributed by atoms with van der Waals surface area (Å²) in [6.07, 6.45) is -10.3. The van der Waals surface area contributed by atoms with E-state index < -0.39 is 79.1 Å². The third-order valence-electron chi connectivity index (χ3n) is 7.76. The molecule has 4 aliphatic rings.